The van der Waals surface area contributed by atoms with E-state index < -0.39 is 5.91 Å². The van der Waals surface area contributed by atoms with Crippen molar-refractivity contribution in [3.05, 3.63) is 71.3 Å². The number of aromatic hydroxyl groups is 1. The van der Waals surface area contributed by atoms with Gasteiger partial charge in [0, 0.05) is 0 Å². The summed E-state index contributed by atoms with van der Waals surface area (Å²) in [6.07, 6.45) is 5.42. The fourth-order valence-corrected chi connectivity index (χ4v) is 2.77. The molecule has 0 saturated heterocycles. The van der Waals surface area contributed by atoms with E-state index in [0.717, 1.165) is 5.56 Å². The van der Waals surface area contributed by atoms with Crippen LogP contribution in [0.4, 0.5) is 0 Å². The van der Waals surface area contributed by atoms with Crippen molar-refractivity contribution in [3.8, 4) is 23.3 Å². The normalized spacial score (nSPS) is 12.3. The lowest BCUT2D eigenvalue weighted by atomic mass is 10.0. The second-order valence-electron chi connectivity index (χ2n) is 6.17. The van der Waals surface area contributed by atoms with Crippen molar-refractivity contribution < 1.29 is 19.4 Å². The standard InChI is InChI=1S/C23H24N2O4/c1-4-19(17-10-6-5-7-11-17)25-23(27)18(15-24)12-8-9-16-13-20(28-2)22(26)21(14-16)29-3/h5-14,19,26H,4H2,1-3H3,(H,25,27). The van der Waals surface area contributed by atoms with E-state index in [2.05, 4.69) is 5.32 Å². The van der Waals surface area contributed by atoms with Crippen LogP contribution in [0.15, 0.2) is 60.2 Å². The summed E-state index contributed by atoms with van der Waals surface area (Å²) >= 11 is 0. The van der Waals surface area contributed by atoms with Crippen molar-refractivity contribution in [1.29, 1.82) is 5.26 Å². The average molecular weight is 392 g/mol. The Morgan fingerprint density at radius 2 is 1.83 bits per heavy atom. The molecule has 1 unspecified atom stereocenters. The third-order valence-electron chi connectivity index (χ3n) is 4.33. The summed E-state index contributed by atoms with van der Waals surface area (Å²) < 4.78 is 10.2. The predicted octanol–water partition coefficient (Wildman–Crippen LogP) is 4.14. The molecule has 2 N–H and O–H groups in total. The number of nitrogens with zero attached hydrogens (tertiary/aromatic N) is 1. The lowest BCUT2D eigenvalue weighted by molar-refractivity contribution is -0.117. The van der Waals surface area contributed by atoms with Gasteiger partial charge in [-0.1, -0.05) is 49.4 Å². The number of hydrogen-bond acceptors (Lipinski definition) is 5. The minimum Gasteiger partial charge on any atom is -0.502 e. The molecule has 1 atom stereocenters. The van der Waals surface area contributed by atoms with Crippen molar-refractivity contribution in [2.75, 3.05) is 14.2 Å². The Bertz CT molecular complexity index is 918. The van der Waals surface area contributed by atoms with E-state index in [4.69, 9.17) is 9.47 Å². The molecular formula is C23H24N2O4. The summed E-state index contributed by atoms with van der Waals surface area (Å²) in [6.45, 7) is 1.97. The minimum absolute atomic E-state index is 0.00617. The number of benzene rings is 2. The van der Waals surface area contributed by atoms with Crippen LogP contribution < -0.4 is 14.8 Å². The van der Waals surface area contributed by atoms with E-state index in [0.29, 0.717) is 12.0 Å². The van der Waals surface area contributed by atoms with Gasteiger partial charge in [-0.15, -0.1) is 0 Å². The molecule has 2 aromatic rings. The molecule has 29 heavy (non-hydrogen) atoms. The number of carbonyl (C=O) groups is 1. The number of phenolic OH excluding ortho intramolecular Hbond substituents is 1. The first kappa shape index (κ1) is 21.6. The van der Waals surface area contributed by atoms with Crippen LogP contribution in [0.25, 0.3) is 6.08 Å². The predicted molar refractivity (Wildman–Crippen MR) is 112 cm³/mol. The smallest absolute Gasteiger partial charge is 0.262 e. The van der Waals surface area contributed by atoms with Gasteiger partial charge in [0.1, 0.15) is 11.6 Å². The summed E-state index contributed by atoms with van der Waals surface area (Å²) in [5, 5.41) is 22.2. The zero-order chi connectivity index (χ0) is 21.2. The minimum atomic E-state index is -0.436. The lowest BCUT2D eigenvalue weighted by Gasteiger charge is -2.17. The molecule has 0 spiro atoms. The number of phenols is 1. The van der Waals surface area contributed by atoms with Gasteiger partial charge in [0.25, 0.3) is 5.91 Å². The zero-order valence-corrected chi connectivity index (χ0v) is 16.7. The molecule has 0 aliphatic heterocycles. The number of ether oxygens (including phenoxy) is 2. The molecule has 0 radical (unpaired) electrons. The summed E-state index contributed by atoms with van der Waals surface area (Å²) in [5.41, 5.74) is 1.66. The molecule has 0 saturated carbocycles. The number of nitriles is 1. The maximum atomic E-state index is 12.5. The van der Waals surface area contributed by atoms with Gasteiger partial charge in [0.05, 0.1) is 20.3 Å². The molecule has 6 heteroatoms. The molecule has 6 nitrogen and oxygen atoms in total. The van der Waals surface area contributed by atoms with Crippen molar-refractivity contribution in [3.63, 3.8) is 0 Å². The monoisotopic (exact) mass is 392 g/mol. The summed E-state index contributed by atoms with van der Waals surface area (Å²) in [7, 11) is 2.88. The third kappa shape index (κ3) is 5.63. The number of carbonyl (C=O) groups excluding carboxylic acids is 1. The maximum Gasteiger partial charge on any atom is 0.262 e. The molecular weight excluding hydrogens is 368 g/mol. The maximum absolute atomic E-state index is 12.5. The molecule has 0 fully saturated rings. The quantitative estimate of drug-likeness (QED) is 0.400. The number of allylic oxidation sites excluding steroid dienone is 2. The van der Waals surface area contributed by atoms with Gasteiger partial charge in [0.15, 0.2) is 11.5 Å². The molecule has 0 aliphatic carbocycles. The highest BCUT2D eigenvalue weighted by atomic mass is 16.5. The zero-order valence-electron chi connectivity index (χ0n) is 16.7. The van der Waals surface area contributed by atoms with Crippen LogP contribution in [0, 0.1) is 11.3 Å². The number of rotatable bonds is 8. The van der Waals surface area contributed by atoms with Crippen molar-refractivity contribution in [2.24, 2.45) is 0 Å². The Hall–Kier alpha value is -3.72. The van der Waals surface area contributed by atoms with E-state index in [1.807, 2.05) is 43.3 Å². The van der Waals surface area contributed by atoms with Crippen molar-refractivity contribution in [1.82, 2.24) is 5.32 Å². The molecule has 0 aliphatic rings. The SMILES string of the molecule is CCC(NC(=O)C(C#N)=CC=Cc1cc(OC)c(O)c(OC)c1)c1ccccc1. The second kappa shape index (κ2) is 10.6. The van der Waals surface area contributed by atoms with E-state index in [1.54, 1.807) is 24.3 Å². The summed E-state index contributed by atoms with van der Waals surface area (Å²) in [6, 6.07) is 14.6. The van der Waals surface area contributed by atoms with Gasteiger partial charge >= 0.3 is 0 Å². The van der Waals surface area contributed by atoms with Crippen LogP contribution in [0.5, 0.6) is 17.2 Å². The first-order valence-corrected chi connectivity index (χ1v) is 9.13. The largest absolute Gasteiger partial charge is 0.502 e. The van der Waals surface area contributed by atoms with Crippen LogP contribution in [0.1, 0.15) is 30.5 Å². The van der Waals surface area contributed by atoms with Gasteiger partial charge in [-0.25, -0.2) is 0 Å². The van der Waals surface area contributed by atoms with Crippen LogP contribution in [-0.2, 0) is 4.79 Å². The van der Waals surface area contributed by atoms with E-state index in [-0.39, 0.29) is 28.9 Å². The summed E-state index contributed by atoms with van der Waals surface area (Å²) in [5.74, 6) is -0.000204. The Morgan fingerprint density at radius 3 is 2.34 bits per heavy atom. The number of nitrogens with one attached hydrogen (secondary N) is 1. The Labute approximate surface area is 170 Å². The van der Waals surface area contributed by atoms with Crippen LogP contribution in [0.3, 0.4) is 0 Å². The fraction of sp³-hybridized carbons (Fsp3) is 0.217. The molecule has 150 valence electrons. The van der Waals surface area contributed by atoms with Crippen molar-refractivity contribution >= 4 is 12.0 Å². The molecule has 1 amide bonds. The Morgan fingerprint density at radius 1 is 1.21 bits per heavy atom. The van der Waals surface area contributed by atoms with E-state index in [1.165, 1.54) is 20.3 Å². The topological polar surface area (TPSA) is 91.6 Å². The van der Waals surface area contributed by atoms with E-state index in [9.17, 15) is 15.2 Å². The highest BCUT2D eigenvalue weighted by molar-refractivity contribution is 5.97. The number of amides is 1. The Kier molecular flexibility index (Phi) is 7.87. The first-order valence-electron chi connectivity index (χ1n) is 9.13. The fourth-order valence-electron chi connectivity index (χ4n) is 2.77. The van der Waals surface area contributed by atoms with Gasteiger partial charge < -0.3 is 19.9 Å². The molecule has 0 aromatic heterocycles. The molecule has 2 rings (SSSR count). The Balaban J connectivity index is 2.17. The molecule has 0 bridgehead atoms. The van der Waals surface area contributed by atoms with Crippen LogP contribution in [-0.4, -0.2) is 25.2 Å². The number of methoxy groups -OCH3 is 2. The van der Waals surface area contributed by atoms with Gasteiger partial charge in [-0.05, 0) is 35.8 Å². The van der Waals surface area contributed by atoms with Crippen LogP contribution in [0.2, 0.25) is 0 Å². The van der Waals surface area contributed by atoms with E-state index >= 15 is 0 Å². The molecule has 0 heterocycles. The van der Waals surface area contributed by atoms with Crippen LogP contribution >= 0.6 is 0 Å². The average Bonchev–Trinajstić information content (AvgIpc) is 2.76. The lowest BCUT2D eigenvalue weighted by Crippen LogP contribution is -2.29. The third-order valence-corrected chi connectivity index (χ3v) is 4.33. The highest BCUT2D eigenvalue weighted by Gasteiger charge is 2.15. The summed E-state index contributed by atoms with van der Waals surface area (Å²) in [4.78, 5) is 12.5. The second-order valence-corrected chi connectivity index (χ2v) is 6.17. The number of hydrogen-bond donors (Lipinski definition) is 2. The molecule has 2 aromatic carbocycles. The van der Waals surface area contributed by atoms with Gasteiger partial charge in [-0.3, -0.25) is 4.79 Å². The highest BCUT2D eigenvalue weighted by Crippen LogP contribution is 2.37. The van der Waals surface area contributed by atoms with Crippen molar-refractivity contribution in [2.45, 2.75) is 19.4 Å². The first-order chi connectivity index (χ1) is 14.0. The van der Waals surface area contributed by atoms with Gasteiger partial charge in [0.2, 0.25) is 5.75 Å². The van der Waals surface area contributed by atoms with Gasteiger partial charge in [-0.2, -0.15) is 5.26 Å².